The fraction of sp³-hybridized carbons (Fsp3) is 0.611. The van der Waals surface area contributed by atoms with Gasteiger partial charge in [-0.25, -0.2) is 4.98 Å². The number of hydrogen-bond acceptors (Lipinski definition) is 2. The zero-order chi connectivity index (χ0) is 14.5. The summed E-state index contributed by atoms with van der Waals surface area (Å²) in [5.41, 5.74) is 1.62. The molecule has 20 heavy (non-hydrogen) atoms. The lowest BCUT2D eigenvalue weighted by molar-refractivity contribution is -0.0483. The van der Waals surface area contributed by atoms with Crippen molar-refractivity contribution in [2.75, 3.05) is 0 Å². The smallest absolute Gasteiger partial charge is 0.113 e. The fourth-order valence-corrected chi connectivity index (χ4v) is 3.14. The Morgan fingerprint density at radius 2 is 2.20 bits per heavy atom. The SMILES string of the molecule is C#Cc1cccc(CO[C@@H]2C[C@H](C)CC[C@H]2C(C)C)n1. The summed E-state index contributed by atoms with van der Waals surface area (Å²) in [5, 5.41) is 0. The van der Waals surface area contributed by atoms with Crippen molar-refractivity contribution in [1.29, 1.82) is 0 Å². The molecule has 0 unspecified atom stereocenters. The second-order valence-corrected chi connectivity index (χ2v) is 6.33. The van der Waals surface area contributed by atoms with E-state index in [0.717, 1.165) is 18.0 Å². The van der Waals surface area contributed by atoms with Crippen LogP contribution in [0.4, 0.5) is 0 Å². The lowest BCUT2D eigenvalue weighted by Crippen LogP contribution is -2.34. The molecule has 2 heteroatoms. The van der Waals surface area contributed by atoms with Crippen molar-refractivity contribution in [2.24, 2.45) is 17.8 Å². The van der Waals surface area contributed by atoms with Crippen LogP contribution in [0.3, 0.4) is 0 Å². The maximum Gasteiger partial charge on any atom is 0.113 e. The Kier molecular flexibility index (Phi) is 5.20. The Labute approximate surface area is 123 Å². The predicted molar refractivity (Wildman–Crippen MR) is 82.1 cm³/mol. The molecule has 1 saturated carbocycles. The number of nitrogens with zero attached hydrogens (tertiary/aromatic N) is 1. The minimum Gasteiger partial charge on any atom is -0.372 e. The van der Waals surface area contributed by atoms with Gasteiger partial charge in [0.2, 0.25) is 0 Å². The van der Waals surface area contributed by atoms with E-state index in [2.05, 4.69) is 31.7 Å². The van der Waals surface area contributed by atoms with Crippen LogP contribution in [0, 0.1) is 30.1 Å². The number of aromatic nitrogens is 1. The van der Waals surface area contributed by atoms with Gasteiger partial charge in [-0.2, -0.15) is 0 Å². The molecule has 108 valence electrons. The first-order chi connectivity index (χ1) is 9.60. The first-order valence-electron chi connectivity index (χ1n) is 7.64. The molecule has 0 aliphatic heterocycles. The number of rotatable bonds is 4. The number of terminal acetylenes is 1. The maximum atomic E-state index is 6.18. The minimum absolute atomic E-state index is 0.357. The molecule has 1 aromatic heterocycles. The first kappa shape index (κ1) is 15.1. The lowest BCUT2D eigenvalue weighted by Gasteiger charge is -2.37. The minimum atomic E-state index is 0.357. The van der Waals surface area contributed by atoms with Gasteiger partial charge in [-0.3, -0.25) is 0 Å². The van der Waals surface area contributed by atoms with Crippen LogP contribution in [0.2, 0.25) is 0 Å². The highest BCUT2D eigenvalue weighted by Gasteiger charge is 2.31. The molecular formula is C18H25NO. The van der Waals surface area contributed by atoms with Crippen molar-refractivity contribution in [1.82, 2.24) is 4.98 Å². The molecule has 1 fully saturated rings. The molecule has 2 rings (SSSR count). The Morgan fingerprint density at radius 3 is 2.90 bits per heavy atom. The normalized spacial score (nSPS) is 26.4. The van der Waals surface area contributed by atoms with Gasteiger partial charge in [0.25, 0.3) is 0 Å². The number of ether oxygens (including phenoxy) is 1. The molecule has 1 aliphatic rings. The number of pyridine rings is 1. The summed E-state index contributed by atoms with van der Waals surface area (Å²) in [7, 11) is 0. The van der Waals surface area contributed by atoms with Crippen molar-refractivity contribution < 1.29 is 4.74 Å². The van der Waals surface area contributed by atoms with Crippen molar-refractivity contribution in [2.45, 2.75) is 52.7 Å². The van der Waals surface area contributed by atoms with E-state index in [4.69, 9.17) is 11.2 Å². The van der Waals surface area contributed by atoms with E-state index in [-0.39, 0.29) is 0 Å². The molecule has 1 heterocycles. The molecule has 0 amide bonds. The van der Waals surface area contributed by atoms with Gasteiger partial charge in [0.1, 0.15) is 5.69 Å². The third-order valence-electron chi connectivity index (χ3n) is 4.36. The zero-order valence-electron chi connectivity index (χ0n) is 12.8. The highest BCUT2D eigenvalue weighted by Crippen LogP contribution is 2.35. The molecular weight excluding hydrogens is 246 g/mol. The van der Waals surface area contributed by atoms with Crippen LogP contribution in [0.1, 0.15) is 51.4 Å². The van der Waals surface area contributed by atoms with Crippen LogP contribution >= 0.6 is 0 Å². The van der Waals surface area contributed by atoms with Gasteiger partial charge in [0.15, 0.2) is 0 Å². The van der Waals surface area contributed by atoms with Crippen LogP contribution in [0.5, 0.6) is 0 Å². The predicted octanol–water partition coefficient (Wildman–Crippen LogP) is 4.04. The molecule has 0 aromatic carbocycles. The summed E-state index contributed by atoms with van der Waals surface area (Å²) in [5.74, 6) is 4.68. The van der Waals surface area contributed by atoms with E-state index in [1.165, 1.54) is 12.8 Å². The summed E-state index contributed by atoms with van der Waals surface area (Å²) in [6.45, 7) is 7.49. The monoisotopic (exact) mass is 271 g/mol. The van der Waals surface area contributed by atoms with E-state index in [0.29, 0.717) is 30.2 Å². The topological polar surface area (TPSA) is 22.1 Å². The Bertz CT molecular complexity index is 475. The van der Waals surface area contributed by atoms with E-state index >= 15 is 0 Å². The zero-order valence-corrected chi connectivity index (χ0v) is 12.8. The van der Waals surface area contributed by atoms with E-state index in [1.54, 1.807) is 0 Å². The molecule has 0 radical (unpaired) electrons. The maximum absolute atomic E-state index is 6.18. The molecule has 0 saturated heterocycles. The Morgan fingerprint density at radius 1 is 1.40 bits per heavy atom. The van der Waals surface area contributed by atoms with E-state index in [9.17, 15) is 0 Å². The second-order valence-electron chi connectivity index (χ2n) is 6.33. The van der Waals surface area contributed by atoms with Gasteiger partial charge in [-0.15, -0.1) is 6.42 Å². The fourth-order valence-electron chi connectivity index (χ4n) is 3.14. The summed E-state index contributed by atoms with van der Waals surface area (Å²) >= 11 is 0. The Balaban J connectivity index is 1.98. The van der Waals surface area contributed by atoms with Crippen molar-refractivity contribution in [3.63, 3.8) is 0 Å². The van der Waals surface area contributed by atoms with E-state index < -0.39 is 0 Å². The third kappa shape index (κ3) is 3.84. The molecule has 0 N–H and O–H groups in total. The average molecular weight is 271 g/mol. The van der Waals surface area contributed by atoms with Gasteiger partial charge in [-0.1, -0.05) is 39.2 Å². The van der Waals surface area contributed by atoms with Crippen molar-refractivity contribution in [3.8, 4) is 12.3 Å². The molecule has 0 spiro atoms. The summed E-state index contributed by atoms with van der Waals surface area (Å²) in [4.78, 5) is 4.40. The van der Waals surface area contributed by atoms with Gasteiger partial charge in [-0.05, 0) is 42.7 Å². The average Bonchev–Trinajstić information content (AvgIpc) is 2.45. The van der Waals surface area contributed by atoms with Crippen LogP contribution in [-0.4, -0.2) is 11.1 Å². The van der Waals surface area contributed by atoms with E-state index in [1.807, 2.05) is 18.2 Å². The van der Waals surface area contributed by atoms with Crippen LogP contribution in [0.15, 0.2) is 18.2 Å². The molecule has 1 aromatic rings. The van der Waals surface area contributed by atoms with Gasteiger partial charge in [0, 0.05) is 0 Å². The van der Waals surface area contributed by atoms with Crippen LogP contribution in [-0.2, 0) is 11.3 Å². The quantitative estimate of drug-likeness (QED) is 0.771. The highest BCUT2D eigenvalue weighted by molar-refractivity contribution is 5.25. The van der Waals surface area contributed by atoms with Gasteiger partial charge >= 0.3 is 0 Å². The molecule has 2 nitrogen and oxygen atoms in total. The molecule has 3 atom stereocenters. The summed E-state index contributed by atoms with van der Waals surface area (Å²) in [6, 6.07) is 5.78. The standard InChI is InChI=1S/C18H25NO/c1-5-15-7-6-8-16(19-15)12-20-18-11-14(4)9-10-17(18)13(2)3/h1,6-8,13-14,17-18H,9-12H2,2-4H3/t14-,17+,18-/m1/s1. The van der Waals surface area contributed by atoms with Gasteiger partial charge < -0.3 is 4.74 Å². The molecule has 1 aliphatic carbocycles. The largest absolute Gasteiger partial charge is 0.372 e. The van der Waals surface area contributed by atoms with Crippen LogP contribution in [0.25, 0.3) is 0 Å². The highest BCUT2D eigenvalue weighted by atomic mass is 16.5. The Hall–Kier alpha value is -1.33. The lowest BCUT2D eigenvalue weighted by atomic mass is 9.75. The third-order valence-corrected chi connectivity index (χ3v) is 4.36. The summed E-state index contributed by atoms with van der Waals surface area (Å²) < 4.78 is 6.18. The van der Waals surface area contributed by atoms with Crippen LogP contribution < -0.4 is 0 Å². The molecule has 0 bridgehead atoms. The second kappa shape index (κ2) is 6.90. The van der Waals surface area contributed by atoms with Crippen molar-refractivity contribution >= 4 is 0 Å². The number of hydrogen-bond donors (Lipinski definition) is 0. The van der Waals surface area contributed by atoms with Crippen molar-refractivity contribution in [3.05, 3.63) is 29.6 Å². The first-order valence-corrected chi connectivity index (χ1v) is 7.64. The van der Waals surface area contributed by atoms with Gasteiger partial charge in [0.05, 0.1) is 18.4 Å². The summed E-state index contributed by atoms with van der Waals surface area (Å²) in [6.07, 6.45) is 9.51.